The number of aryl methyl sites for hydroxylation is 3. The number of nitriles is 1. The zero-order chi connectivity index (χ0) is 13.1. The SMILES string of the molecule is Cc1cc(C)c(C#N)c(Oc2ccccc2C)n1. The van der Waals surface area contributed by atoms with E-state index in [1.165, 1.54) is 0 Å². The Morgan fingerprint density at radius 3 is 2.50 bits per heavy atom. The lowest BCUT2D eigenvalue weighted by Crippen LogP contribution is -1.97. The van der Waals surface area contributed by atoms with Gasteiger partial charge in [0, 0.05) is 5.69 Å². The molecule has 0 saturated heterocycles. The fourth-order valence-electron chi connectivity index (χ4n) is 1.79. The van der Waals surface area contributed by atoms with Crippen molar-refractivity contribution in [3.8, 4) is 17.7 Å². The van der Waals surface area contributed by atoms with E-state index in [2.05, 4.69) is 11.1 Å². The van der Waals surface area contributed by atoms with Crippen LogP contribution in [0, 0.1) is 32.1 Å². The second-order valence-corrected chi connectivity index (χ2v) is 4.24. The summed E-state index contributed by atoms with van der Waals surface area (Å²) in [5.41, 5.74) is 3.23. The van der Waals surface area contributed by atoms with Crippen molar-refractivity contribution >= 4 is 0 Å². The van der Waals surface area contributed by atoms with Gasteiger partial charge in [-0.05, 0) is 44.0 Å². The zero-order valence-corrected chi connectivity index (χ0v) is 10.7. The van der Waals surface area contributed by atoms with E-state index in [9.17, 15) is 0 Å². The number of para-hydroxylation sites is 1. The summed E-state index contributed by atoms with van der Waals surface area (Å²) in [6.45, 7) is 5.74. The third-order valence-electron chi connectivity index (χ3n) is 2.72. The summed E-state index contributed by atoms with van der Waals surface area (Å²) in [5, 5.41) is 9.17. The Kier molecular flexibility index (Phi) is 3.29. The average molecular weight is 238 g/mol. The molecule has 0 aliphatic carbocycles. The largest absolute Gasteiger partial charge is 0.437 e. The summed E-state index contributed by atoms with van der Waals surface area (Å²) in [5.74, 6) is 1.11. The zero-order valence-electron chi connectivity index (χ0n) is 10.7. The number of hydrogen-bond donors (Lipinski definition) is 0. The van der Waals surface area contributed by atoms with Crippen molar-refractivity contribution in [1.82, 2.24) is 4.98 Å². The van der Waals surface area contributed by atoms with E-state index in [0.29, 0.717) is 11.4 Å². The molecule has 3 nitrogen and oxygen atoms in total. The molecule has 0 atom stereocenters. The molecule has 0 saturated carbocycles. The van der Waals surface area contributed by atoms with Crippen molar-refractivity contribution < 1.29 is 4.74 Å². The van der Waals surface area contributed by atoms with Crippen LogP contribution in [0.3, 0.4) is 0 Å². The Morgan fingerprint density at radius 2 is 1.83 bits per heavy atom. The molecule has 0 aliphatic rings. The van der Waals surface area contributed by atoms with Gasteiger partial charge in [0.2, 0.25) is 5.88 Å². The van der Waals surface area contributed by atoms with Crippen molar-refractivity contribution in [1.29, 1.82) is 5.26 Å². The highest BCUT2D eigenvalue weighted by Crippen LogP contribution is 2.27. The van der Waals surface area contributed by atoms with Gasteiger partial charge in [0.1, 0.15) is 17.4 Å². The summed E-state index contributed by atoms with van der Waals surface area (Å²) < 4.78 is 5.76. The first kappa shape index (κ1) is 12.1. The fraction of sp³-hybridized carbons (Fsp3) is 0.200. The van der Waals surface area contributed by atoms with Crippen LogP contribution in [0.2, 0.25) is 0 Å². The lowest BCUT2D eigenvalue weighted by molar-refractivity contribution is 0.456. The van der Waals surface area contributed by atoms with Gasteiger partial charge in [0.25, 0.3) is 0 Å². The molecule has 90 valence electrons. The summed E-state index contributed by atoms with van der Waals surface area (Å²) in [7, 11) is 0. The fourth-order valence-corrected chi connectivity index (χ4v) is 1.79. The molecule has 18 heavy (non-hydrogen) atoms. The number of ether oxygens (including phenoxy) is 1. The van der Waals surface area contributed by atoms with Crippen LogP contribution in [0.5, 0.6) is 11.6 Å². The van der Waals surface area contributed by atoms with Gasteiger partial charge in [-0.2, -0.15) is 5.26 Å². The van der Waals surface area contributed by atoms with E-state index in [-0.39, 0.29) is 0 Å². The Morgan fingerprint density at radius 1 is 1.11 bits per heavy atom. The maximum absolute atomic E-state index is 9.17. The van der Waals surface area contributed by atoms with Crippen LogP contribution in [-0.4, -0.2) is 4.98 Å². The van der Waals surface area contributed by atoms with Gasteiger partial charge in [-0.3, -0.25) is 0 Å². The molecule has 3 heteroatoms. The minimum atomic E-state index is 0.379. The quantitative estimate of drug-likeness (QED) is 0.801. The third kappa shape index (κ3) is 2.33. The van der Waals surface area contributed by atoms with Crippen LogP contribution in [-0.2, 0) is 0 Å². The van der Waals surface area contributed by atoms with Gasteiger partial charge in [0.05, 0.1) is 0 Å². The first-order chi connectivity index (χ1) is 8.61. The minimum absolute atomic E-state index is 0.379. The van der Waals surface area contributed by atoms with E-state index < -0.39 is 0 Å². The van der Waals surface area contributed by atoms with E-state index in [1.807, 2.05) is 51.1 Å². The second kappa shape index (κ2) is 4.89. The molecule has 0 unspecified atom stereocenters. The second-order valence-electron chi connectivity index (χ2n) is 4.24. The minimum Gasteiger partial charge on any atom is -0.437 e. The molecule has 0 bridgehead atoms. The monoisotopic (exact) mass is 238 g/mol. The molecule has 0 N–H and O–H groups in total. The maximum Gasteiger partial charge on any atom is 0.237 e. The van der Waals surface area contributed by atoms with Crippen LogP contribution < -0.4 is 4.74 Å². The van der Waals surface area contributed by atoms with Gasteiger partial charge >= 0.3 is 0 Å². The molecule has 1 heterocycles. The van der Waals surface area contributed by atoms with Crippen molar-refractivity contribution in [2.75, 3.05) is 0 Å². The Bertz CT molecular complexity index is 627. The first-order valence-corrected chi connectivity index (χ1v) is 5.73. The molecule has 2 aromatic rings. The molecule has 0 amide bonds. The van der Waals surface area contributed by atoms with Crippen LogP contribution in [0.25, 0.3) is 0 Å². The van der Waals surface area contributed by atoms with Crippen molar-refractivity contribution in [3.05, 3.63) is 52.7 Å². The molecular weight excluding hydrogens is 224 g/mol. The summed E-state index contributed by atoms with van der Waals surface area (Å²) in [6.07, 6.45) is 0. The molecular formula is C15H14N2O. The van der Waals surface area contributed by atoms with E-state index in [4.69, 9.17) is 10.00 Å². The maximum atomic E-state index is 9.17. The lowest BCUT2D eigenvalue weighted by Gasteiger charge is -2.10. The van der Waals surface area contributed by atoms with Gasteiger partial charge < -0.3 is 4.74 Å². The van der Waals surface area contributed by atoms with Crippen LogP contribution >= 0.6 is 0 Å². The van der Waals surface area contributed by atoms with Gasteiger partial charge in [0.15, 0.2) is 0 Å². The topological polar surface area (TPSA) is 45.9 Å². The molecule has 1 aromatic carbocycles. The molecule has 2 rings (SSSR count). The number of hydrogen-bond acceptors (Lipinski definition) is 3. The van der Waals surface area contributed by atoms with E-state index >= 15 is 0 Å². The van der Waals surface area contributed by atoms with Crippen molar-refractivity contribution in [2.24, 2.45) is 0 Å². The van der Waals surface area contributed by atoms with Crippen molar-refractivity contribution in [3.63, 3.8) is 0 Å². The van der Waals surface area contributed by atoms with Crippen molar-refractivity contribution in [2.45, 2.75) is 20.8 Å². The highest BCUT2D eigenvalue weighted by atomic mass is 16.5. The number of nitrogens with zero attached hydrogens (tertiary/aromatic N) is 2. The summed E-state index contributed by atoms with van der Waals surface area (Å²) in [4.78, 5) is 4.30. The van der Waals surface area contributed by atoms with Crippen LogP contribution in [0.1, 0.15) is 22.4 Å². The molecule has 0 fully saturated rings. The van der Waals surface area contributed by atoms with E-state index in [1.54, 1.807) is 0 Å². The van der Waals surface area contributed by atoms with Crippen LogP contribution in [0.15, 0.2) is 30.3 Å². The van der Waals surface area contributed by atoms with Gasteiger partial charge in [-0.25, -0.2) is 4.98 Å². The number of rotatable bonds is 2. The molecule has 0 aliphatic heterocycles. The third-order valence-corrected chi connectivity index (χ3v) is 2.72. The lowest BCUT2D eigenvalue weighted by atomic mass is 10.1. The molecule has 0 spiro atoms. The Labute approximate surface area is 107 Å². The average Bonchev–Trinajstić information content (AvgIpc) is 2.31. The predicted octanol–water partition coefficient (Wildman–Crippen LogP) is 3.67. The highest BCUT2D eigenvalue weighted by molar-refractivity contribution is 5.47. The smallest absolute Gasteiger partial charge is 0.237 e. The Balaban J connectivity index is 2.47. The standard InChI is InChI=1S/C15H14N2O/c1-10-6-4-5-7-14(10)18-15-13(9-16)11(2)8-12(3)17-15/h4-8H,1-3H3. The summed E-state index contributed by atoms with van der Waals surface area (Å²) in [6, 6.07) is 11.7. The first-order valence-electron chi connectivity index (χ1n) is 5.73. The predicted molar refractivity (Wildman–Crippen MR) is 69.7 cm³/mol. The number of pyridine rings is 1. The normalized spacial score (nSPS) is 9.89. The number of aromatic nitrogens is 1. The van der Waals surface area contributed by atoms with Gasteiger partial charge in [-0.15, -0.1) is 0 Å². The molecule has 0 radical (unpaired) electrons. The Hall–Kier alpha value is -2.34. The van der Waals surface area contributed by atoms with E-state index in [0.717, 1.165) is 22.6 Å². The summed E-state index contributed by atoms with van der Waals surface area (Å²) >= 11 is 0. The number of benzene rings is 1. The van der Waals surface area contributed by atoms with Crippen LogP contribution in [0.4, 0.5) is 0 Å². The molecule has 1 aromatic heterocycles. The highest BCUT2D eigenvalue weighted by Gasteiger charge is 2.11. The van der Waals surface area contributed by atoms with Gasteiger partial charge in [-0.1, -0.05) is 18.2 Å².